The Kier molecular flexibility index (Phi) is 4.63. The molecule has 0 amide bonds. The van der Waals surface area contributed by atoms with Crippen LogP contribution < -0.4 is 5.32 Å². The molecule has 2 N–H and O–H groups in total. The van der Waals surface area contributed by atoms with E-state index in [0.29, 0.717) is 17.7 Å². The van der Waals surface area contributed by atoms with Gasteiger partial charge in [-0.1, -0.05) is 41.1 Å². The molecule has 0 saturated carbocycles. The summed E-state index contributed by atoms with van der Waals surface area (Å²) >= 11 is 3.33. The maximum Gasteiger partial charge on any atom is 0.334 e. The van der Waals surface area contributed by atoms with Gasteiger partial charge in [0.15, 0.2) is 5.54 Å². The van der Waals surface area contributed by atoms with E-state index in [0.717, 1.165) is 4.47 Å². The summed E-state index contributed by atoms with van der Waals surface area (Å²) in [5.74, 6) is -1.41. The van der Waals surface area contributed by atoms with E-state index in [1.807, 2.05) is 0 Å². The predicted molar refractivity (Wildman–Crippen MR) is 83.8 cm³/mol. The fraction of sp³-hybridized carbons (Fsp3) is 0.188. The van der Waals surface area contributed by atoms with Crippen LogP contribution in [-0.4, -0.2) is 11.1 Å². The van der Waals surface area contributed by atoms with Crippen molar-refractivity contribution >= 4 is 27.6 Å². The third kappa shape index (κ3) is 3.24. The maximum atomic E-state index is 13.3. The maximum absolute atomic E-state index is 13.3. The Hall–Kier alpha value is -1.88. The first-order valence-corrected chi connectivity index (χ1v) is 7.30. The van der Waals surface area contributed by atoms with Crippen LogP contribution >= 0.6 is 15.9 Å². The summed E-state index contributed by atoms with van der Waals surface area (Å²) in [5.41, 5.74) is -0.249. The number of anilines is 1. The molecule has 3 nitrogen and oxygen atoms in total. The van der Waals surface area contributed by atoms with Crippen LogP contribution in [-0.2, 0) is 10.3 Å². The zero-order valence-corrected chi connectivity index (χ0v) is 13.0. The second-order valence-corrected chi connectivity index (χ2v) is 5.62. The van der Waals surface area contributed by atoms with Crippen molar-refractivity contribution < 1.29 is 14.3 Å². The van der Waals surface area contributed by atoms with Gasteiger partial charge in [-0.3, -0.25) is 0 Å². The average molecular weight is 352 g/mol. The molecule has 0 aliphatic heterocycles. The first-order valence-electron chi connectivity index (χ1n) is 6.51. The van der Waals surface area contributed by atoms with E-state index in [1.165, 1.54) is 12.1 Å². The second-order valence-electron chi connectivity index (χ2n) is 4.71. The fourth-order valence-electron chi connectivity index (χ4n) is 2.24. The van der Waals surface area contributed by atoms with Gasteiger partial charge in [-0.05, 0) is 42.3 Å². The summed E-state index contributed by atoms with van der Waals surface area (Å²) < 4.78 is 14.2. The molecule has 21 heavy (non-hydrogen) atoms. The van der Waals surface area contributed by atoms with Gasteiger partial charge < -0.3 is 10.4 Å². The Balaban J connectivity index is 2.46. The summed E-state index contributed by atoms with van der Waals surface area (Å²) in [5, 5.41) is 12.7. The Labute approximate surface area is 130 Å². The van der Waals surface area contributed by atoms with Gasteiger partial charge >= 0.3 is 5.97 Å². The lowest BCUT2D eigenvalue weighted by Gasteiger charge is -2.31. The molecule has 110 valence electrons. The molecule has 0 saturated heterocycles. The summed E-state index contributed by atoms with van der Waals surface area (Å²) in [4.78, 5) is 11.9. The van der Waals surface area contributed by atoms with Crippen LogP contribution in [0.4, 0.5) is 10.1 Å². The normalized spacial score (nSPS) is 13.5. The first kappa shape index (κ1) is 15.5. The summed E-state index contributed by atoms with van der Waals surface area (Å²) in [6.07, 6.45) is 0.320. The molecule has 1 atom stereocenters. The molecule has 2 aromatic carbocycles. The van der Waals surface area contributed by atoms with Crippen molar-refractivity contribution in [1.82, 2.24) is 0 Å². The molecule has 0 bridgehead atoms. The number of aliphatic carboxylic acids is 1. The van der Waals surface area contributed by atoms with Crippen LogP contribution in [0.15, 0.2) is 53.0 Å². The largest absolute Gasteiger partial charge is 0.479 e. The van der Waals surface area contributed by atoms with Gasteiger partial charge in [0.05, 0.1) is 0 Å². The van der Waals surface area contributed by atoms with E-state index in [1.54, 1.807) is 43.3 Å². The molecular weight excluding hydrogens is 337 g/mol. The zero-order valence-electron chi connectivity index (χ0n) is 11.4. The highest BCUT2D eigenvalue weighted by atomic mass is 79.9. The highest BCUT2D eigenvalue weighted by Crippen LogP contribution is 2.31. The number of carboxylic acid groups (broad SMARTS) is 1. The smallest absolute Gasteiger partial charge is 0.334 e. The number of hydrogen-bond acceptors (Lipinski definition) is 2. The third-order valence-electron chi connectivity index (χ3n) is 3.41. The molecule has 1 unspecified atom stereocenters. The van der Waals surface area contributed by atoms with Gasteiger partial charge in [0.25, 0.3) is 0 Å². The predicted octanol–water partition coefficient (Wildman–Crippen LogP) is 4.39. The van der Waals surface area contributed by atoms with E-state index in [2.05, 4.69) is 21.2 Å². The summed E-state index contributed by atoms with van der Waals surface area (Å²) in [6.45, 7) is 1.78. The van der Waals surface area contributed by atoms with Crippen molar-refractivity contribution in [2.24, 2.45) is 0 Å². The van der Waals surface area contributed by atoms with Crippen LogP contribution in [0.2, 0.25) is 0 Å². The number of carboxylic acids is 1. The number of hydrogen-bond donors (Lipinski definition) is 2. The fourth-order valence-corrected chi connectivity index (χ4v) is 2.50. The van der Waals surface area contributed by atoms with Gasteiger partial charge in [-0.25, -0.2) is 9.18 Å². The van der Waals surface area contributed by atoms with Crippen molar-refractivity contribution in [1.29, 1.82) is 0 Å². The number of halogens is 2. The highest BCUT2D eigenvalue weighted by molar-refractivity contribution is 9.10. The van der Waals surface area contributed by atoms with Crippen LogP contribution in [0.25, 0.3) is 0 Å². The minimum Gasteiger partial charge on any atom is -0.479 e. The van der Waals surface area contributed by atoms with Gasteiger partial charge in [0.2, 0.25) is 0 Å². The molecule has 0 spiro atoms. The Bertz CT molecular complexity index is 645. The lowest BCUT2D eigenvalue weighted by molar-refractivity contribution is -0.142. The van der Waals surface area contributed by atoms with Gasteiger partial charge in [-0.2, -0.15) is 0 Å². The van der Waals surface area contributed by atoms with Crippen molar-refractivity contribution in [3.63, 3.8) is 0 Å². The quantitative estimate of drug-likeness (QED) is 0.839. The Morgan fingerprint density at radius 2 is 1.95 bits per heavy atom. The minimum absolute atomic E-state index is 0.320. The average Bonchev–Trinajstić information content (AvgIpc) is 2.45. The minimum atomic E-state index is -1.30. The van der Waals surface area contributed by atoms with E-state index >= 15 is 0 Å². The molecule has 2 aromatic rings. The standard InChI is InChI=1S/C16H15BrFNO2/c1-2-16(15(20)21,11-6-8-12(17)9-7-11)19-14-5-3-4-13(18)10-14/h3-10,19H,2H2,1H3,(H,20,21). The van der Waals surface area contributed by atoms with Crippen LogP contribution in [0.3, 0.4) is 0 Å². The van der Waals surface area contributed by atoms with E-state index in [4.69, 9.17) is 0 Å². The van der Waals surface area contributed by atoms with Crippen molar-refractivity contribution in [2.45, 2.75) is 18.9 Å². The van der Waals surface area contributed by atoms with Crippen LogP contribution in [0.1, 0.15) is 18.9 Å². The van der Waals surface area contributed by atoms with Crippen LogP contribution in [0.5, 0.6) is 0 Å². The monoisotopic (exact) mass is 351 g/mol. The van der Waals surface area contributed by atoms with Gasteiger partial charge in [0, 0.05) is 10.2 Å². The van der Waals surface area contributed by atoms with Crippen molar-refractivity contribution in [3.05, 3.63) is 64.4 Å². The zero-order chi connectivity index (χ0) is 15.5. The molecule has 5 heteroatoms. The second kappa shape index (κ2) is 6.26. The molecule has 0 aliphatic rings. The SMILES string of the molecule is CCC(Nc1cccc(F)c1)(C(=O)O)c1ccc(Br)cc1. The topological polar surface area (TPSA) is 49.3 Å². The van der Waals surface area contributed by atoms with E-state index in [-0.39, 0.29) is 0 Å². The number of nitrogens with one attached hydrogen (secondary N) is 1. The number of rotatable bonds is 5. The molecule has 0 fully saturated rings. The summed E-state index contributed by atoms with van der Waals surface area (Å²) in [7, 11) is 0. The van der Waals surface area contributed by atoms with E-state index in [9.17, 15) is 14.3 Å². The van der Waals surface area contributed by atoms with Gasteiger partial charge in [-0.15, -0.1) is 0 Å². The molecule has 0 aliphatic carbocycles. The molecule has 2 rings (SSSR count). The van der Waals surface area contributed by atoms with Crippen molar-refractivity contribution in [2.75, 3.05) is 5.32 Å². The third-order valence-corrected chi connectivity index (χ3v) is 3.94. The molecule has 0 radical (unpaired) electrons. The van der Waals surface area contributed by atoms with E-state index < -0.39 is 17.3 Å². The first-order chi connectivity index (χ1) is 9.98. The number of benzene rings is 2. The summed E-state index contributed by atoms with van der Waals surface area (Å²) in [6, 6.07) is 12.9. The Morgan fingerprint density at radius 1 is 1.29 bits per heavy atom. The molecular formula is C16H15BrFNO2. The highest BCUT2D eigenvalue weighted by Gasteiger charge is 2.38. The Morgan fingerprint density at radius 3 is 2.48 bits per heavy atom. The molecule has 0 heterocycles. The molecule has 0 aromatic heterocycles. The lowest BCUT2D eigenvalue weighted by Crippen LogP contribution is -2.43. The van der Waals surface area contributed by atoms with Crippen molar-refractivity contribution in [3.8, 4) is 0 Å². The van der Waals surface area contributed by atoms with Crippen LogP contribution in [0, 0.1) is 5.82 Å². The number of carbonyl (C=O) groups is 1. The lowest BCUT2D eigenvalue weighted by atomic mass is 9.87. The van der Waals surface area contributed by atoms with Gasteiger partial charge in [0.1, 0.15) is 5.82 Å².